The summed E-state index contributed by atoms with van der Waals surface area (Å²) in [6.45, 7) is 4.08. The summed E-state index contributed by atoms with van der Waals surface area (Å²) in [4.78, 5) is 2.17. The number of nitrogens with one attached hydrogen (secondary N) is 1. The van der Waals surface area contributed by atoms with Crippen molar-refractivity contribution in [1.29, 1.82) is 0 Å². The Morgan fingerprint density at radius 2 is 2.28 bits per heavy atom. The lowest BCUT2D eigenvalue weighted by molar-refractivity contribution is 0.369. The SMILES string of the molecule is COc1ccc(N2CCC3(CCNC3)C2)c(F)c1. The second-order valence-corrected chi connectivity index (χ2v) is 5.42. The molecule has 3 rings (SSSR count). The van der Waals surface area contributed by atoms with Gasteiger partial charge in [0.1, 0.15) is 11.6 Å². The molecule has 1 N–H and O–H groups in total. The zero-order valence-electron chi connectivity index (χ0n) is 10.7. The normalized spacial score (nSPS) is 27.1. The van der Waals surface area contributed by atoms with Gasteiger partial charge in [-0.25, -0.2) is 4.39 Å². The summed E-state index contributed by atoms with van der Waals surface area (Å²) in [7, 11) is 1.56. The minimum absolute atomic E-state index is 0.183. The largest absolute Gasteiger partial charge is 0.497 e. The van der Waals surface area contributed by atoms with Crippen molar-refractivity contribution in [3.05, 3.63) is 24.0 Å². The first-order valence-electron chi connectivity index (χ1n) is 6.52. The molecule has 0 amide bonds. The minimum Gasteiger partial charge on any atom is -0.497 e. The van der Waals surface area contributed by atoms with E-state index in [1.165, 1.54) is 12.5 Å². The van der Waals surface area contributed by atoms with Crippen LogP contribution >= 0.6 is 0 Å². The van der Waals surface area contributed by atoms with E-state index in [2.05, 4.69) is 10.2 Å². The number of nitrogens with zero attached hydrogens (tertiary/aromatic N) is 1. The van der Waals surface area contributed by atoms with E-state index in [1.54, 1.807) is 7.11 Å². The van der Waals surface area contributed by atoms with E-state index in [0.29, 0.717) is 16.9 Å². The van der Waals surface area contributed by atoms with Gasteiger partial charge in [-0.3, -0.25) is 0 Å². The Kier molecular flexibility index (Phi) is 2.90. The number of halogens is 1. The Hall–Kier alpha value is -1.29. The Labute approximate surface area is 107 Å². The predicted molar refractivity (Wildman–Crippen MR) is 69.7 cm³/mol. The molecular formula is C14H19FN2O. The molecule has 18 heavy (non-hydrogen) atoms. The molecule has 1 atom stereocenters. The highest BCUT2D eigenvalue weighted by Gasteiger charge is 2.40. The molecule has 2 saturated heterocycles. The third-order valence-corrected chi connectivity index (χ3v) is 4.27. The number of ether oxygens (including phenoxy) is 1. The van der Waals surface area contributed by atoms with Gasteiger partial charge in [-0.1, -0.05) is 0 Å². The van der Waals surface area contributed by atoms with Crippen LogP contribution in [0.5, 0.6) is 5.75 Å². The van der Waals surface area contributed by atoms with Crippen LogP contribution in [-0.2, 0) is 0 Å². The summed E-state index contributed by atoms with van der Waals surface area (Å²) < 4.78 is 19.1. The Balaban J connectivity index is 1.80. The number of benzene rings is 1. The highest BCUT2D eigenvalue weighted by Crippen LogP contribution is 2.39. The summed E-state index contributed by atoms with van der Waals surface area (Å²) in [6.07, 6.45) is 2.37. The van der Waals surface area contributed by atoms with Crippen LogP contribution in [0.25, 0.3) is 0 Å². The Bertz CT molecular complexity index is 443. The van der Waals surface area contributed by atoms with Gasteiger partial charge >= 0.3 is 0 Å². The highest BCUT2D eigenvalue weighted by molar-refractivity contribution is 5.52. The molecule has 2 aliphatic heterocycles. The summed E-state index contributed by atoms with van der Waals surface area (Å²) in [5.41, 5.74) is 1.08. The monoisotopic (exact) mass is 250 g/mol. The first-order valence-corrected chi connectivity index (χ1v) is 6.52. The van der Waals surface area contributed by atoms with Crippen LogP contribution in [-0.4, -0.2) is 33.3 Å². The standard InChI is InChI=1S/C14H19FN2O/c1-18-11-2-3-13(12(15)8-11)17-7-5-14(10-17)4-6-16-9-14/h2-3,8,16H,4-7,9-10H2,1H3. The second kappa shape index (κ2) is 4.43. The van der Waals surface area contributed by atoms with Gasteiger partial charge in [-0.05, 0) is 31.5 Å². The van der Waals surface area contributed by atoms with Crippen molar-refractivity contribution in [2.45, 2.75) is 12.8 Å². The maximum absolute atomic E-state index is 14.0. The van der Waals surface area contributed by atoms with E-state index in [9.17, 15) is 4.39 Å². The molecule has 1 spiro atoms. The van der Waals surface area contributed by atoms with E-state index in [0.717, 1.165) is 32.6 Å². The topological polar surface area (TPSA) is 24.5 Å². The highest BCUT2D eigenvalue weighted by atomic mass is 19.1. The summed E-state index contributed by atoms with van der Waals surface area (Å²) in [6, 6.07) is 5.12. The fourth-order valence-electron chi connectivity index (χ4n) is 3.16. The van der Waals surface area contributed by atoms with Gasteiger partial charge in [-0.15, -0.1) is 0 Å². The van der Waals surface area contributed by atoms with Crippen molar-refractivity contribution < 1.29 is 9.13 Å². The summed E-state index contributed by atoms with van der Waals surface area (Å²) in [5.74, 6) is 0.394. The third kappa shape index (κ3) is 1.94. The zero-order valence-corrected chi connectivity index (χ0v) is 10.7. The smallest absolute Gasteiger partial charge is 0.150 e. The summed E-state index contributed by atoms with van der Waals surface area (Å²) in [5, 5.41) is 3.42. The lowest BCUT2D eigenvalue weighted by Crippen LogP contribution is -2.29. The number of hydrogen-bond donors (Lipinski definition) is 1. The molecule has 2 heterocycles. The molecular weight excluding hydrogens is 231 g/mol. The molecule has 0 radical (unpaired) electrons. The van der Waals surface area contributed by atoms with Crippen LogP contribution in [0.4, 0.5) is 10.1 Å². The van der Waals surface area contributed by atoms with Gasteiger partial charge in [0, 0.05) is 31.1 Å². The van der Waals surface area contributed by atoms with Crippen LogP contribution in [0.15, 0.2) is 18.2 Å². The van der Waals surface area contributed by atoms with Gasteiger partial charge in [0.15, 0.2) is 0 Å². The van der Waals surface area contributed by atoms with Crippen LogP contribution < -0.4 is 15.0 Å². The molecule has 2 fully saturated rings. The van der Waals surface area contributed by atoms with E-state index < -0.39 is 0 Å². The molecule has 98 valence electrons. The fraction of sp³-hybridized carbons (Fsp3) is 0.571. The quantitative estimate of drug-likeness (QED) is 0.869. The maximum atomic E-state index is 14.0. The Morgan fingerprint density at radius 1 is 1.39 bits per heavy atom. The zero-order chi connectivity index (χ0) is 12.6. The van der Waals surface area contributed by atoms with E-state index in [-0.39, 0.29) is 5.82 Å². The van der Waals surface area contributed by atoms with Crippen LogP contribution in [0.1, 0.15) is 12.8 Å². The van der Waals surface area contributed by atoms with Crippen LogP contribution in [0.3, 0.4) is 0 Å². The number of anilines is 1. The molecule has 0 bridgehead atoms. The molecule has 0 saturated carbocycles. The number of rotatable bonds is 2. The van der Waals surface area contributed by atoms with Gasteiger partial charge in [0.05, 0.1) is 12.8 Å². The van der Waals surface area contributed by atoms with Gasteiger partial charge in [-0.2, -0.15) is 0 Å². The molecule has 1 aromatic carbocycles. The molecule has 2 aliphatic rings. The van der Waals surface area contributed by atoms with Crippen molar-refractivity contribution in [1.82, 2.24) is 5.32 Å². The third-order valence-electron chi connectivity index (χ3n) is 4.27. The van der Waals surface area contributed by atoms with Gasteiger partial charge < -0.3 is 15.0 Å². The predicted octanol–water partition coefficient (Wildman–Crippen LogP) is 2.02. The van der Waals surface area contributed by atoms with Crippen LogP contribution in [0, 0.1) is 11.2 Å². The lowest BCUT2D eigenvalue weighted by Gasteiger charge is -2.24. The number of methoxy groups -OCH3 is 1. The Morgan fingerprint density at radius 3 is 2.94 bits per heavy atom. The van der Waals surface area contributed by atoms with Crippen molar-refractivity contribution in [2.75, 3.05) is 38.2 Å². The van der Waals surface area contributed by atoms with Crippen molar-refractivity contribution in [2.24, 2.45) is 5.41 Å². The molecule has 4 heteroatoms. The average molecular weight is 250 g/mol. The van der Waals surface area contributed by atoms with E-state index >= 15 is 0 Å². The first kappa shape index (κ1) is 11.8. The molecule has 3 nitrogen and oxygen atoms in total. The van der Waals surface area contributed by atoms with Crippen molar-refractivity contribution in [3.63, 3.8) is 0 Å². The minimum atomic E-state index is -0.183. The molecule has 1 unspecified atom stereocenters. The molecule has 0 aromatic heterocycles. The van der Waals surface area contributed by atoms with E-state index in [1.807, 2.05) is 12.1 Å². The first-order chi connectivity index (χ1) is 8.72. The van der Waals surface area contributed by atoms with Crippen molar-refractivity contribution >= 4 is 5.69 Å². The average Bonchev–Trinajstić information content (AvgIpc) is 3.00. The fourth-order valence-corrected chi connectivity index (χ4v) is 3.16. The molecule has 1 aromatic rings. The second-order valence-electron chi connectivity index (χ2n) is 5.42. The van der Waals surface area contributed by atoms with Crippen molar-refractivity contribution in [3.8, 4) is 5.75 Å². The van der Waals surface area contributed by atoms with Crippen LogP contribution in [0.2, 0.25) is 0 Å². The lowest BCUT2D eigenvalue weighted by atomic mass is 9.86. The van der Waals surface area contributed by atoms with Gasteiger partial charge in [0.25, 0.3) is 0 Å². The number of hydrogen-bond acceptors (Lipinski definition) is 3. The van der Waals surface area contributed by atoms with Gasteiger partial charge in [0.2, 0.25) is 0 Å². The molecule has 0 aliphatic carbocycles. The summed E-state index contributed by atoms with van der Waals surface area (Å²) >= 11 is 0. The van der Waals surface area contributed by atoms with E-state index in [4.69, 9.17) is 4.74 Å². The maximum Gasteiger partial charge on any atom is 0.150 e.